The van der Waals surface area contributed by atoms with Gasteiger partial charge in [-0.2, -0.15) is 0 Å². The molecule has 0 fully saturated rings. The van der Waals surface area contributed by atoms with Gasteiger partial charge in [0.25, 0.3) is 0 Å². The third kappa shape index (κ3) is 2.77. The summed E-state index contributed by atoms with van der Waals surface area (Å²) in [5.41, 5.74) is 1.13. The summed E-state index contributed by atoms with van der Waals surface area (Å²) in [6.07, 6.45) is 4.23. The predicted octanol–water partition coefficient (Wildman–Crippen LogP) is 2.85. The third-order valence-electron chi connectivity index (χ3n) is 2.17. The number of pyridine rings is 1. The highest BCUT2D eigenvalue weighted by Gasteiger charge is 2.03. The Morgan fingerprint density at radius 3 is 3.12 bits per heavy atom. The van der Waals surface area contributed by atoms with Crippen molar-refractivity contribution >= 4 is 17.3 Å². The summed E-state index contributed by atoms with van der Waals surface area (Å²) in [5, 5.41) is 1.03. The van der Waals surface area contributed by atoms with Gasteiger partial charge in [-0.1, -0.05) is 17.8 Å². The molecule has 0 atom stereocenters. The molecule has 0 bridgehead atoms. The Labute approximate surface area is 99.8 Å². The molecule has 0 unspecified atom stereocenters. The van der Waals surface area contributed by atoms with E-state index in [-0.39, 0.29) is 0 Å². The second-order valence-electron chi connectivity index (χ2n) is 3.80. The molecule has 2 heterocycles. The van der Waals surface area contributed by atoms with Gasteiger partial charge < -0.3 is 4.74 Å². The van der Waals surface area contributed by atoms with Gasteiger partial charge in [0, 0.05) is 11.9 Å². The van der Waals surface area contributed by atoms with Crippen LogP contribution in [0, 0.1) is 0 Å². The number of ether oxygens (including phenoxy) is 1. The summed E-state index contributed by atoms with van der Waals surface area (Å²) >= 11 is 1.73. The van der Waals surface area contributed by atoms with Crippen LogP contribution < -0.4 is 0 Å². The third-order valence-corrected chi connectivity index (χ3v) is 3.10. The van der Waals surface area contributed by atoms with Gasteiger partial charge in [-0.15, -0.1) is 0 Å². The van der Waals surface area contributed by atoms with Crippen LogP contribution in [0.2, 0.25) is 0 Å². The van der Waals surface area contributed by atoms with E-state index in [1.807, 2.05) is 24.5 Å². The summed E-state index contributed by atoms with van der Waals surface area (Å²) in [6, 6.07) is 6.10. The Balaban J connectivity index is 1.94. The number of fused-ring (bicyclic) bond motifs is 1. The maximum absolute atomic E-state index is 5.49. The van der Waals surface area contributed by atoms with Crippen LogP contribution in [0.4, 0.5) is 0 Å². The lowest BCUT2D eigenvalue weighted by Gasteiger charge is -2.06. The second kappa shape index (κ2) is 5.37. The Kier molecular flexibility index (Phi) is 3.85. The minimum absolute atomic E-state index is 0.303. The van der Waals surface area contributed by atoms with Crippen LogP contribution >= 0.6 is 11.8 Å². The molecule has 0 aliphatic carbocycles. The van der Waals surface area contributed by atoms with Crippen LogP contribution in [-0.4, -0.2) is 27.8 Å². The highest BCUT2D eigenvalue weighted by molar-refractivity contribution is 7.99. The zero-order chi connectivity index (χ0) is 11.4. The SMILES string of the molecule is CC(C)OCCSc1ncc2ccccn12. The first kappa shape index (κ1) is 11.5. The molecular formula is C12H16N2OS. The van der Waals surface area contributed by atoms with Crippen molar-refractivity contribution in [3.63, 3.8) is 0 Å². The van der Waals surface area contributed by atoms with Crippen molar-refractivity contribution in [3.05, 3.63) is 30.6 Å². The first-order valence-corrected chi connectivity index (χ1v) is 6.42. The topological polar surface area (TPSA) is 26.5 Å². The molecule has 0 aromatic carbocycles. The van der Waals surface area contributed by atoms with E-state index >= 15 is 0 Å². The first-order chi connectivity index (χ1) is 7.77. The standard InChI is InChI=1S/C12H16N2OS/c1-10(2)15-7-8-16-12-13-9-11-5-3-4-6-14(11)12/h3-6,9-10H,7-8H2,1-2H3. The summed E-state index contributed by atoms with van der Waals surface area (Å²) in [4.78, 5) is 4.38. The van der Waals surface area contributed by atoms with E-state index in [1.54, 1.807) is 11.8 Å². The number of thioether (sulfide) groups is 1. The molecule has 2 aromatic heterocycles. The van der Waals surface area contributed by atoms with Crippen molar-refractivity contribution < 1.29 is 4.74 Å². The fourth-order valence-corrected chi connectivity index (χ4v) is 2.24. The van der Waals surface area contributed by atoms with Gasteiger partial charge in [-0.3, -0.25) is 4.40 Å². The maximum Gasteiger partial charge on any atom is 0.172 e. The minimum atomic E-state index is 0.303. The largest absolute Gasteiger partial charge is 0.378 e. The molecule has 2 aromatic rings. The molecule has 0 spiro atoms. The lowest BCUT2D eigenvalue weighted by Crippen LogP contribution is -2.05. The summed E-state index contributed by atoms with van der Waals surface area (Å²) in [7, 11) is 0. The quantitative estimate of drug-likeness (QED) is 0.590. The van der Waals surface area contributed by atoms with Crippen molar-refractivity contribution in [1.29, 1.82) is 0 Å². The fourth-order valence-electron chi connectivity index (χ4n) is 1.44. The van der Waals surface area contributed by atoms with Crippen LogP contribution in [-0.2, 0) is 4.74 Å². The molecule has 16 heavy (non-hydrogen) atoms. The number of hydrogen-bond acceptors (Lipinski definition) is 3. The Morgan fingerprint density at radius 2 is 2.31 bits per heavy atom. The molecule has 0 radical (unpaired) electrons. The monoisotopic (exact) mass is 236 g/mol. The smallest absolute Gasteiger partial charge is 0.172 e. The average Bonchev–Trinajstić information content (AvgIpc) is 2.68. The predicted molar refractivity (Wildman–Crippen MR) is 67.0 cm³/mol. The number of rotatable bonds is 5. The Hall–Kier alpha value is -1.00. The van der Waals surface area contributed by atoms with E-state index in [1.165, 1.54) is 0 Å². The maximum atomic E-state index is 5.49. The van der Waals surface area contributed by atoms with E-state index < -0.39 is 0 Å². The number of hydrogen-bond donors (Lipinski definition) is 0. The van der Waals surface area contributed by atoms with E-state index in [4.69, 9.17) is 4.74 Å². The summed E-state index contributed by atoms with van der Waals surface area (Å²) in [6.45, 7) is 4.87. The number of nitrogens with zero attached hydrogens (tertiary/aromatic N) is 2. The fraction of sp³-hybridized carbons (Fsp3) is 0.417. The molecule has 86 valence electrons. The number of imidazole rings is 1. The van der Waals surface area contributed by atoms with Gasteiger partial charge >= 0.3 is 0 Å². The highest BCUT2D eigenvalue weighted by atomic mass is 32.2. The van der Waals surface area contributed by atoms with Gasteiger partial charge in [0.2, 0.25) is 0 Å². The Bertz CT molecular complexity index is 453. The van der Waals surface area contributed by atoms with Gasteiger partial charge in [-0.05, 0) is 26.0 Å². The van der Waals surface area contributed by atoms with E-state index in [9.17, 15) is 0 Å². The molecule has 0 aliphatic heterocycles. The van der Waals surface area contributed by atoms with Gasteiger partial charge in [0.05, 0.1) is 24.4 Å². The van der Waals surface area contributed by atoms with Crippen molar-refractivity contribution in [1.82, 2.24) is 9.38 Å². The van der Waals surface area contributed by atoms with Crippen molar-refractivity contribution in [2.24, 2.45) is 0 Å². The zero-order valence-electron chi connectivity index (χ0n) is 9.59. The number of aromatic nitrogens is 2. The van der Waals surface area contributed by atoms with Crippen LogP contribution in [0.15, 0.2) is 35.7 Å². The van der Waals surface area contributed by atoms with E-state index in [0.717, 1.165) is 23.0 Å². The zero-order valence-corrected chi connectivity index (χ0v) is 10.4. The van der Waals surface area contributed by atoms with Crippen LogP contribution in [0.25, 0.3) is 5.52 Å². The molecular weight excluding hydrogens is 220 g/mol. The van der Waals surface area contributed by atoms with Gasteiger partial charge in [0.15, 0.2) is 5.16 Å². The normalized spacial score (nSPS) is 11.4. The lowest BCUT2D eigenvalue weighted by atomic mass is 10.4. The first-order valence-electron chi connectivity index (χ1n) is 5.44. The van der Waals surface area contributed by atoms with Crippen molar-refractivity contribution in [2.45, 2.75) is 25.1 Å². The Morgan fingerprint density at radius 1 is 1.44 bits per heavy atom. The van der Waals surface area contributed by atoms with E-state index in [2.05, 4.69) is 29.3 Å². The van der Waals surface area contributed by atoms with Crippen LogP contribution in [0.1, 0.15) is 13.8 Å². The summed E-state index contributed by atoms with van der Waals surface area (Å²) in [5.74, 6) is 0.937. The molecule has 0 aliphatic rings. The van der Waals surface area contributed by atoms with Crippen LogP contribution in [0.3, 0.4) is 0 Å². The molecule has 0 amide bonds. The van der Waals surface area contributed by atoms with E-state index in [0.29, 0.717) is 6.10 Å². The van der Waals surface area contributed by atoms with Crippen molar-refractivity contribution in [3.8, 4) is 0 Å². The van der Waals surface area contributed by atoms with Gasteiger partial charge in [0.1, 0.15) is 0 Å². The molecule has 3 nitrogen and oxygen atoms in total. The molecule has 0 N–H and O–H groups in total. The molecule has 4 heteroatoms. The van der Waals surface area contributed by atoms with Crippen molar-refractivity contribution in [2.75, 3.05) is 12.4 Å². The summed E-state index contributed by atoms with van der Waals surface area (Å²) < 4.78 is 7.59. The lowest BCUT2D eigenvalue weighted by molar-refractivity contribution is 0.0920. The van der Waals surface area contributed by atoms with Gasteiger partial charge in [-0.25, -0.2) is 4.98 Å². The average molecular weight is 236 g/mol. The minimum Gasteiger partial charge on any atom is -0.378 e. The highest BCUT2D eigenvalue weighted by Crippen LogP contribution is 2.17. The molecule has 0 saturated heterocycles. The van der Waals surface area contributed by atoms with Crippen LogP contribution in [0.5, 0.6) is 0 Å². The molecule has 0 saturated carbocycles. The second-order valence-corrected chi connectivity index (χ2v) is 4.87. The molecule has 2 rings (SSSR count).